The number of amides is 1. The highest BCUT2D eigenvalue weighted by Gasteiger charge is 2.37. The van der Waals surface area contributed by atoms with Crippen LogP contribution in [0.25, 0.3) is 0 Å². The number of hydrogen-bond acceptors (Lipinski definition) is 2. The number of nitrogens with one attached hydrogen (secondary N) is 1. The fourth-order valence-electron chi connectivity index (χ4n) is 2.59. The third kappa shape index (κ3) is 5.72. The highest BCUT2D eigenvalue weighted by atomic mass is 19.4. The molecular formula is C19H15F6NO3. The molecule has 156 valence electrons. The Balaban J connectivity index is 2.36. The largest absolute Gasteiger partial charge is 0.480 e. The Labute approximate surface area is 161 Å². The molecule has 0 spiro atoms. The third-order valence-corrected chi connectivity index (χ3v) is 4.14. The van der Waals surface area contributed by atoms with Crippen molar-refractivity contribution in [3.05, 3.63) is 70.3 Å². The lowest BCUT2D eigenvalue weighted by atomic mass is 10.00. The predicted molar refractivity (Wildman–Crippen MR) is 90.2 cm³/mol. The van der Waals surface area contributed by atoms with Crippen molar-refractivity contribution in [2.75, 3.05) is 0 Å². The van der Waals surface area contributed by atoms with Gasteiger partial charge in [-0.2, -0.15) is 26.3 Å². The normalized spacial score (nSPS) is 13.1. The van der Waals surface area contributed by atoms with Crippen molar-refractivity contribution in [3.63, 3.8) is 0 Å². The predicted octanol–water partition coefficient (Wildman–Crippen LogP) is 4.46. The van der Waals surface area contributed by atoms with Crippen molar-refractivity contribution in [2.24, 2.45) is 0 Å². The standard InChI is InChI=1S/C19H15F6NO3/c1-10-4-2-3-5-11(10)8-15(17(28)29)26-16(27)12-6-13(18(20,21)22)9-14(7-12)19(23,24)25/h2-7,9,15H,8H2,1H3,(H,26,27)(H,28,29)/t15-/m1/s1. The molecule has 0 aliphatic heterocycles. The number of aliphatic carboxylic acids is 1. The Morgan fingerprint density at radius 2 is 1.48 bits per heavy atom. The smallest absolute Gasteiger partial charge is 0.416 e. The molecule has 1 atom stereocenters. The summed E-state index contributed by atoms with van der Waals surface area (Å²) < 4.78 is 77.6. The monoisotopic (exact) mass is 419 g/mol. The van der Waals surface area contributed by atoms with Gasteiger partial charge in [0.1, 0.15) is 6.04 Å². The van der Waals surface area contributed by atoms with Crippen LogP contribution in [0.4, 0.5) is 26.3 Å². The highest BCUT2D eigenvalue weighted by molar-refractivity contribution is 5.97. The topological polar surface area (TPSA) is 66.4 Å². The molecule has 0 bridgehead atoms. The molecule has 0 aliphatic carbocycles. The molecular weight excluding hydrogens is 404 g/mol. The minimum Gasteiger partial charge on any atom is -0.480 e. The van der Waals surface area contributed by atoms with Crippen molar-refractivity contribution < 1.29 is 41.0 Å². The lowest BCUT2D eigenvalue weighted by Crippen LogP contribution is -2.42. The molecule has 2 rings (SSSR count). The van der Waals surface area contributed by atoms with Crippen LogP contribution in [-0.2, 0) is 23.6 Å². The Morgan fingerprint density at radius 1 is 0.966 bits per heavy atom. The number of halogens is 6. The fourth-order valence-corrected chi connectivity index (χ4v) is 2.59. The second-order valence-electron chi connectivity index (χ2n) is 6.29. The number of alkyl halides is 6. The van der Waals surface area contributed by atoms with Crippen LogP contribution >= 0.6 is 0 Å². The Bertz CT molecular complexity index is 889. The lowest BCUT2D eigenvalue weighted by molar-refractivity contribution is -0.143. The van der Waals surface area contributed by atoms with Crippen LogP contribution in [0.15, 0.2) is 42.5 Å². The molecule has 0 unspecified atom stereocenters. The zero-order chi connectivity index (χ0) is 22.0. The van der Waals surface area contributed by atoms with Crippen molar-refractivity contribution in [3.8, 4) is 0 Å². The van der Waals surface area contributed by atoms with Crippen molar-refractivity contribution >= 4 is 11.9 Å². The summed E-state index contributed by atoms with van der Waals surface area (Å²) in [5.41, 5.74) is -3.00. The summed E-state index contributed by atoms with van der Waals surface area (Å²) in [6, 6.07) is 5.46. The molecule has 0 radical (unpaired) electrons. The average molecular weight is 419 g/mol. The minimum atomic E-state index is -5.12. The Hall–Kier alpha value is -3.04. The van der Waals surface area contributed by atoms with Gasteiger partial charge in [-0.25, -0.2) is 4.79 Å². The van der Waals surface area contributed by atoms with Crippen molar-refractivity contribution in [1.82, 2.24) is 5.32 Å². The zero-order valence-electron chi connectivity index (χ0n) is 14.9. The quantitative estimate of drug-likeness (QED) is 0.704. The summed E-state index contributed by atoms with van der Waals surface area (Å²) in [7, 11) is 0. The van der Waals surface area contributed by atoms with E-state index in [4.69, 9.17) is 0 Å². The Morgan fingerprint density at radius 3 is 1.93 bits per heavy atom. The average Bonchev–Trinajstić information content (AvgIpc) is 2.60. The first-order valence-electron chi connectivity index (χ1n) is 8.16. The van der Waals surface area contributed by atoms with Crippen LogP contribution in [0.5, 0.6) is 0 Å². The van der Waals surface area contributed by atoms with E-state index in [1.807, 2.05) is 5.32 Å². The molecule has 10 heteroatoms. The van der Waals surface area contributed by atoms with E-state index in [0.29, 0.717) is 11.1 Å². The number of benzene rings is 2. The molecule has 0 saturated carbocycles. The summed E-state index contributed by atoms with van der Waals surface area (Å²) in [6.45, 7) is 1.69. The summed E-state index contributed by atoms with van der Waals surface area (Å²) in [6.07, 6.45) is -10.4. The molecule has 2 N–H and O–H groups in total. The van der Waals surface area contributed by atoms with Crippen molar-refractivity contribution in [2.45, 2.75) is 31.7 Å². The zero-order valence-corrected chi connectivity index (χ0v) is 14.9. The van der Waals surface area contributed by atoms with E-state index in [2.05, 4.69) is 0 Å². The first-order valence-corrected chi connectivity index (χ1v) is 8.16. The van der Waals surface area contributed by atoms with Crippen LogP contribution in [0.1, 0.15) is 32.6 Å². The number of carbonyl (C=O) groups excluding carboxylic acids is 1. The van der Waals surface area contributed by atoms with E-state index in [1.165, 1.54) is 0 Å². The molecule has 2 aromatic carbocycles. The van der Waals surface area contributed by atoms with E-state index in [0.717, 1.165) is 0 Å². The lowest BCUT2D eigenvalue weighted by Gasteiger charge is -2.18. The number of rotatable bonds is 5. The number of carboxylic acid groups (broad SMARTS) is 1. The summed E-state index contributed by atoms with van der Waals surface area (Å²) >= 11 is 0. The third-order valence-electron chi connectivity index (χ3n) is 4.14. The van der Waals surface area contributed by atoms with Crippen LogP contribution in [-0.4, -0.2) is 23.0 Å². The van der Waals surface area contributed by atoms with E-state index >= 15 is 0 Å². The number of carbonyl (C=O) groups is 2. The van der Waals surface area contributed by atoms with Gasteiger partial charge in [-0.3, -0.25) is 4.79 Å². The Kier molecular flexibility index (Phi) is 6.24. The first-order chi connectivity index (χ1) is 13.3. The van der Waals surface area contributed by atoms with Crippen molar-refractivity contribution in [1.29, 1.82) is 0 Å². The second kappa shape index (κ2) is 8.14. The fraction of sp³-hybridized carbons (Fsp3) is 0.263. The molecule has 2 aromatic rings. The van der Waals surface area contributed by atoms with Gasteiger partial charge in [0.05, 0.1) is 11.1 Å². The maximum Gasteiger partial charge on any atom is 0.416 e. The van der Waals surface area contributed by atoms with Gasteiger partial charge in [-0.15, -0.1) is 0 Å². The van der Waals surface area contributed by atoms with Gasteiger partial charge in [0.15, 0.2) is 0 Å². The highest BCUT2D eigenvalue weighted by Crippen LogP contribution is 2.36. The van der Waals surface area contributed by atoms with Gasteiger partial charge >= 0.3 is 18.3 Å². The van der Waals surface area contributed by atoms with Gasteiger partial charge in [0, 0.05) is 12.0 Å². The maximum atomic E-state index is 12.9. The molecule has 0 aromatic heterocycles. The number of carboxylic acids is 1. The van der Waals surface area contributed by atoms with Crippen LogP contribution in [0, 0.1) is 6.92 Å². The van der Waals surface area contributed by atoms with E-state index in [9.17, 15) is 41.0 Å². The van der Waals surface area contributed by atoms with Gasteiger partial charge in [0.25, 0.3) is 5.91 Å². The molecule has 0 aliphatic rings. The van der Waals surface area contributed by atoms with Gasteiger partial charge in [0.2, 0.25) is 0 Å². The summed E-state index contributed by atoms with van der Waals surface area (Å²) in [5.74, 6) is -2.84. The molecule has 29 heavy (non-hydrogen) atoms. The molecule has 1 amide bonds. The first kappa shape index (κ1) is 22.3. The molecule has 0 saturated heterocycles. The van der Waals surface area contributed by atoms with Crippen LogP contribution in [0.3, 0.4) is 0 Å². The number of hydrogen-bond donors (Lipinski definition) is 2. The SMILES string of the molecule is Cc1ccccc1C[C@@H](NC(=O)c1cc(C(F)(F)F)cc(C(F)(F)F)c1)C(=O)O. The molecule has 4 nitrogen and oxygen atoms in total. The summed E-state index contributed by atoms with van der Waals surface area (Å²) in [5, 5.41) is 11.3. The number of aryl methyl sites for hydroxylation is 1. The molecule has 0 fully saturated rings. The summed E-state index contributed by atoms with van der Waals surface area (Å²) in [4.78, 5) is 23.7. The van der Waals surface area contributed by atoms with Gasteiger partial charge in [-0.1, -0.05) is 24.3 Å². The van der Waals surface area contributed by atoms with Gasteiger partial charge < -0.3 is 10.4 Å². The molecule has 0 heterocycles. The van der Waals surface area contributed by atoms with Crippen LogP contribution in [0.2, 0.25) is 0 Å². The van der Waals surface area contributed by atoms with E-state index in [1.54, 1.807) is 31.2 Å². The van der Waals surface area contributed by atoms with E-state index < -0.39 is 47.0 Å². The maximum absolute atomic E-state index is 12.9. The van der Waals surface area contributed by atoms with Crippen LogP contribution < -0.4 is 5.32 Å². The van der Waals surface area contributed by atoms with Gasteiger partial charge in [-0.05, 0) is 36.2 Å². The second-order valence-corrected chi connectivity index (χ2v) is 6.29. The van der Waals surface area contributed by atoms with E-state index in [-0.39, 0.29) is 24.6 Å². The minimum absolute atomic E-state index is 0.112.